The van der Waals surface area contributed by atoms with Crippen LogP contribution in [0.5, 0.6) is 0 Å². The van der Waals surface area contributed by atoms with E-state index in [1.165, 1.54) is 30.6 Å². The number of anilines is 1. The summed E-state index contributed by atoms with van der Waals surface area (Å²) >= 11 is 3.37. The third kappa shape index (κ3) is 4.58. The minimum atomic E-state index is -3.90. The summed E-state index contributed by atoms with van der Waals surface area (Å²) in [7, 11) is -3.90. The molecular weight excluding hydrogens is 444 g/mol. The van der Waals surface area contributed by atoms with Gasteiger partial charge in [-0.15, -0.1) is 0 Å². The highest BCUT2D eigenvalue weighted by molar-refractivity contribution is 9.10. The summed E-state index contributed by atoms with van der Waals surface area (Å²) in [6, 6.07) is 15.4. The van der Waals surface area contributed by atoms with Gasteiger partial charge in [0.25, 0.3) is 10.0 Å². The van der Waals surface area contributed by atoms with E-state index >= 15 is 0 Å². The van der Waals surface area contributed by atoms with Crippen molar-refractivity contribution in [3.05, 3.63) is 88.2 Å². The molecule has 144 valence electrons. The van der Waals surface area contributed by atoms with Crippen molar-refractivity contribution in [1.82, 2.24) is 4.98 Å². The van der Waals surface area contributed by atoms with Gasteiger partial charge in [0.15, 0.2) is 0 Å². The molecule has 0 bridgehead atoms. The second-order valence-corrected chi connectivity index (χ2v) is 8.49. The average molecular weight is 461 g/mol. The SMILES string of the molecule is Cc1c(Br)ccc(NS(=O)(=O)c2cccnc2)c1C(=O)OCc1ccccc1. The van der Waals surface area contributed by atoms with Gasteiger partial charge in [0, 0.05) is 16.9 Å². The number of rotatable bonds is 6. The molecule has 0 amide bonds. The predicted molar refractivity (Wildman–Crippen MR) is 109 cm³/mol. The molecule has 0 saturated carbocycles. The highest BCUT2D eigenvalue weighted by Crippen LogP contribution is 2.29. The molecule has 0 aliphatic heterocycles. The summed E-state index contributed by atoms with van der Waals surface area (Å²) in [4.78, 5) is 16.6. The van der Waals surface area contributed by atoms with Gasteiger partial charge in [0.1, 0.15) is 11.5 Å². The third-order valence-electron chi connectivity index (χ3n) is 4.00. The number of aromatic nitrogens is 1. The van der Waals surface area contributed by atoms with E-state index in [1.54, 1.807) is 13.0 Å². The highest BCUT2D eigenvalue weighted by Gasteiger charge is 2.22. The molecule has 1 N–H and O–H groups in total. The molecule has 1 heterocycles. The van der Waals surface area contributed by atoms with E-state index in [4.69, 9.17) is 4.74 Å². The second-order valence-electron chi connectivity index (χ2n) is 5.95. The van der Waals surface area contributed by atoms with Crippen LogP contribution >= 0.6 is 15.9 Å². The number of nitrogens with zero attached hydrogens (tertiary/aromatic N) is 1. The van der Waals surface area contributed by atoms with Crippen molar-refractivity contribution >= 4 is 37.6 Å². The zero-order chi connectivity index (χ0) is 20.1. The van der Waals surface area contributed by atoms with E-state index < -0.39 is 16.0 Å². The molecule has 0 unspecified atom stereocenters. The molecule has 1 aromatic heterocycles. The predicted octanol–water partition coefficient (Wildman–Crippen LogP) is 4.31. The molecule has 3 aromatic rings. The molecule has 0 fully saturated rings. The van der Waals surface area contributed by atoms with Crippen LogP contribution in [0.4, 0.5) is 5.69 Å². The number of nitrogens with one attached hydrogen (secondary N) is 1. The van der Waals surface area contributed by atoms with Crippen molar-refractivity contribution in [1.29, 1.82) is 0 Å². The first-order valence-electron chi connectivity index (χ1n) is 8.31. The molecule has 3 rings (SSSR count). The van der Waals surface area contributed by atoms with Gasteiger partial charge >= 0.3 is 5.97 Å². The van der Waals surface area contributed by atoms with Crippen LogP contribution in [0.3, 0.4) is 0 Å². The molecule has 0 spiro atoms. The topological polar surface area (TPSA) is 85.4 Å². The van der Waals surface area contributed by atoms with E-state index in [1.807, 2.05) is 30.3 Å². The van der Waals surface area contributed by atoms with Crippen molar-refractivity contribution < 1.29 is 17.9 Å². The first kappa shape index (κ1) is 20.0. The Balaban J connectivity index is 1.90. The Morgan fingerprint density at radius 1 is 1.11 bits per heavy atom. The maximum absolute atomic E-state index is 12.7. The monoisotopic (exact) mass is 460 g/mol. The van der Waals surface area contributed by atoms with Gasteiger partial charge in [-0.25, -0.2) is 13.2 Å². The first-order chi connectivity index (χ1) is 13.4. The van der Waals surface area contributed by atoms with Crippen molar-refractivity contribution in [2.24, 2.45) is 0 Å². The van der Waals surface area contributed by atoms with Gasteiger partial charge in [0.05, 0.1) is 11.3 Å². The quantitative estimate of drug-likeness (QED) is 0.553. The van der Waals surface area contributed by atoms with Crippen LogP contribution in [-0.2, 0) is 21.4 Å². The van der Waals surface area contributed by atoms with Gasteiger partial charge in [-0.3, -0.25) is 9.71 Å². The fourth-order valence-corrected chi connectivity index (χ4v) is 3.90. The van der Waals surface area contributed by atoms with Crippen molar-refractivity contribution in [2.75, 3.05) is 4.72 Å². The number of pyridine rings is 1. The number of sulfonamides is 1. The lowest BCUT2D eigenvalue weighted by molar-refractivity contribution is 0.0473. The fraction of sp³-hybridized carbons (Fsp3) is 0.100. The molecule has 0 aliphatic carbocycles. The number of carbonyl (C=O) groups is 1. The Bertz CT molecular complexity index is 1090. The Morgan fingerprint density at radius 3 is 2.54 bits per heavy atom. The molecule has 28 heavy (non-hydrogen) atoms. The largest absolute Gasteiger partial charge is 0.457 e. The fourth-order valence-electron chi connectivity index (χ4n) is 2.54. The molecule has 6 nitrogen and oxygen atoms in total. The number of benzene rings is 2. The van der Waals surface area contributed by atoms with Crippen LogP contribution in [0.2, 0.25) is 0 Å². The summed E-state index contributed by atoms with van der Waals surface area (Å²) in [5, 5.41) is 0. The van der Waals surface area contributed by atoms with Crippen LogP contribution in [0.25, 0.3) is 0 Å². The Morgan fingerprint density at radius 2 is 1.86 bits per heavy atom. The van der Waals surface area contributed by atoms with Crippen LogP contribution in [0.1, 0.15) is 21.5 Å². The van der Waals surface area contributed by atoms with Crippen LogP contribution in [0, 0.1) is 6.92 Å². The molecule has 2 aromatic carbocycles. The normalized spacial score (nSPS) is 11.1. The number of esters is 1. The number of halogens is 1. The summed E-state index contributed by atoms with van der Waals surface area (Å²) in [6.07, 6.45) is 2.72. The Hall–Kier alpha value is -2.71. The molecule has 0 saturated heterocycles. The first-order valence-corrected chi connectivity index (χ1v) is 10.6. The van der Waals surface area contributed by atoms with Gasteiger partial charge in [-0.2, -0.15) is 0 Å². The van der Waals surface area contributed by atoms with E-state index in [2.05, 4.69) is 25.6 Å². The lowest BCUT2D eigenvalue weighted by Gasteiger charge is -2.15. The third-order valence-corrected chi connectivity index (χ3v) is 6.21. The van der Waals surface area contributed by atoms with E-state index in [9.17, 15) is 13.2 Å². The van der Waals surface area contributed by atoms with E-state index in [0.717, 1.165) is 5.56 Å². The van der Waals surface area contributed by atoms with E-state index in [0.29, 0.717) is 10.0 Å². The summed E-state index contributed by atoms with van der Waals surface area (Å²) in [6.45, 7) is 1.80. The summed E-state index contributed by atoms with van der Waals surface area (Å²) in [5.74, 6) is -0.619. The number of carbonyl (C=O) groups excluding carboxylic acids is 1. The zero-order valence-corrected chi connectivity index (χ0v) is 17.3. The smallest absolute Gasteiger partial charge is 0.340 e. The van der Waals surface area contributed by atoms with Crippen molar-refractivity contribution in [3.63, 3.8) is 0 Å². The van der Waals surface area contributed by atoms with Gasteiger partial charge in [-0.1, -0.05) is 46.3 Å². The molecule has 0 radical (unpaired) electrons. The number of hydrogen-bond donors (Lipinski definition) is 1. The van der Waals surface area contributed by atoms with Gasteiger partial charge < -0.3 is 4.74 Å². The Kier molecular flexibility index (Phi) is 6.11. The van der Waals surface area contributed by atoms with E-state index in [-0.39, 0.29) is 22.8 Å². The lowest BCUT2D eigenvalue weighted by Crippen LogP contribution is -2.17. The van der Waals surface area contributed by atoms with Gasteiger partial charge in [0.2, 0.25) is 0 Å². The maximum Gasteiger partial charge on any atom is 0.340 e. The standard InChI is InChI=1S/C20H17BrN2O4S/c1-14-17(21)9-10-18(23-28(25,26)16-8-5-11-22-12-16)19(14)20(24)27-13-15-6-3-2-4-7-15/h2-12,23H,13H2,1H3. The summed E-state index contributed by atoms with van der Waals surface area (Å²) < 4.78 is 33.8. The Labute approximate surface area is 171 Å². The second kappa shape index (κ2) is 8.53. The minimum absolute atomic E-state index is 0.000764. The van der Waals surface area contributed by atoms with Crippen LogP contribution < -0.4 is 4.72 Å². The number of ether oxygens (including phenoxy) is 1. The molecule has 0 aliphatic rings. The lowest BCUT2D eigenvalue weighted by atomic mass is 10.1. The van der Waals surface area contributed by atoms with Crippen LogP contribution in [0.15, 0.2) is 76.4 Å². The highest BCUT2D eigenvalue weighted by atomic mass is 79.9. The molecular formula is C20H17BrN2O4S. The number of hydrogen-bond acceptors (Lipinski definition) is 5. The molecule has 8 heteroatoms. The zero-order valence-electron chi connectivity index (χ0n) is 14.9. The molecule has 0 atom stereocenters. The van der Waals surface area contributed by atoms with Crippen molar-refractivity contribution in [3.8, 4) is 0 Å². The summed E-state index contributed by atoms with van der Waals surface area (Å²) in [5.41, 5.74) is 1.70. The maximum atomic E-state index is 12.7. The minimum Gasteiger partial charge on any atom is -0.457 e. The average Bonchev–Trinajstić information content (AvgIpc) is 2.70. The van der Waals surface area contributed by atoms with Crippen molar-refractivity contribution in [2.45, 2.75) is 18.4 Å². The van der Waals surface area contributed by atoms with Gasteiger partial charge in [-0.05, 0) is 42.3 Å². The van der Waals surface area contributed by atoms with Crippen LogP contribution in [-0.4, -0.2) is 19.4 Å².